The predicted molar refractivity (Wildman–Crippen MR) is 123 cm³/mol. The fraction of sp³-hybridized carbons (Fsp3) is 0.308. The number of hydrogen-bond acceptors (Lipinski definition) is 4. The van der Waals surface area contributed by atoms with Crippen LogP contribution in [0.5, 0.6) is 5.75 Å². The van der Waals surface area contributed by atoms with Crippen molar-refractivity contribution in [3.63, 3.8) is 0 Å². The molecule has 31 heavy (non-hydrogen) atoms. The van der Waals surface area contributed by atoms with E-state index in [0.717, 1.165) is 21.9 Å². The van der Waals surface area contributed by atoms with Crippen molar-refractivity contribution in [3.05, 3.63) is 65.2 Å². The van der Waals surface area contributed by atoms with E-state index >= 15 is 0 Å². The number of phenols is 1. The molecule has 5 heteroatoms. The van der Waals surface area contributed by atoms with Crippen molar-refractivity contribution in [1.82, 2.24) is 5.32 Å². The van der Waals surface area contributed by atoms with Gasteiger partial charge in [-0.25, -0.2) is 4.79 Å². The lowest BCUT2D eigenvalue weighted by atomic mass is 9.85. The fourth-order valence-electron chi connectivity index (χ4n) is 3.96. The lowest BCUT2D eigenvalue weighted by Crippen LogP contribution is -2.49. The first-order valence-corrected chi connectivity index (χ1v) is 10.3. The molecule has 0 unspecified atom stereocenters. The Kier molecular flexibility index (Phi) is 6.07. The first-order chi connectivity index (χ1) is 14.5. The quantitative estimate of drug-likeness (QED) is 0.574. The highest BCUT2D eigenvalue weighted by atomic mass is 16.5. The average molecular weight is 420 g/mol. The van der Waals surface area contributed by atoms with Crippen LogP contribution in [0.25, 0.3) is 21.9 Å². The molecule has 5 nitrogen and oxygen atoms in total. The summed E-state index contributed by atoms with van der Waals surface area (Å²) in [6.07, 6.45) is 0. The van der Waals surface area contributed by atoms with Crippen LogP contribution in [-0.4, -0.2) is 30.1 Å². The molecule has 0 aliphatic heterocycles. The molecule has 1 amide bonds. The molecular formula is C26H29NO4. The van der Waals surface area contributed by atoms with E-state index in [9.17, 15) is 14.7 Å². The first kappa shape index (κ1) is 22.3. The summed E-state index contributed by atoms with van der Waals surface area (Å²) in [5.41, 5.74) is 2.90. The van der Waals surface area contributed by atoms with Gasteiger partial charge in [-0.15, -0.1) is 0 Å². The maximum Gasteiger partial charge on any atom is 0.328 e. The Morgan fingerprint density at radius 2 is 1.68 bits per heavy atom. The number of ether oxygens (including phenoxy) is 1. The van der Waals surface area contributed by atoms with E-state index in [1.54, 1.807) is 12.1 Å². The zero-order valence-electron chi connectivity index (χ0n) is 18.9. The summed E-state index contributed by atoms with van der Waals surface area (Å²) in [7, 11) is 1.31. The van der Waals surface area contributed by atoms with Crippen LogP contribution in [0, 0.1) is 19.3 Å². The van der Waals surface area contributed by atoms with Gasteiger partial charge in [-0.2, -0.15) is 0 Å². The third kappa shape index (κ3) is 4.41. The predicted octanol–water partition coefficient (Wildman–Crippen LogP) is 5.15. The molecule has 3 rings (SSSR count). The van der Waals surface area contributed by atoms with Crippen molar-refractivity contribution in [2.75, 3.05) is 7.11 Å². The van der Waals surface area contributed by atoms with Crippen LogP contribution in [-0.2, 0) is 9.53 Å². The van der Waals surface area contributed by atoms with Crippen LogP contribution in [0.3, 0.4) is 0 Å². The van der Waals surface area contributed by atoms with Gasteiger partial charge < -0.3 is 15.2 Å². The summed E-state index contributed by atoms with van der Waals surface area (Å²) >= 11 is 0. The largest absolute Gasteiger partial charge is 0.507 e. The molecule has 0 saturated heterocycles. The molecule has 1 atom stereocenters. The Hall–Kier alpha value is -3.34. The zero-order chi connectivity index (χ0) is 22.9. The number of benzene rings is 3. The Bertz CT molecular complexity index is 1130. The summed E-state index contributed by atoms with van der Waals surface area (Å²) in [6, 6.07) is 14.2. The van der Waals surface area contributed by atoms with E-state index in [-0.39, 0.29) is 5.75 Å². The van der Waals surface area contributed by atoms with Gasteiger partial charge in [0.05, 0.1) is 7.11 Å². The number of carbonyl (C=O) groups is 2. The number of nitrogens with one attached hydrogen (secondary N) is 1. The Labute approximate surface area is 183 Å². The zero-order valence-corrected chi connectivity index (χ0v) is 18.9. The van der Waals surface area contributed by atoms with Gasteiger partial charge in [-0.3, -0.25) is 4.79 Å². The molecule has 0 bridgehead atoms. The van der Waals surface area contributed by atoms with Crippen molar-refractivity contribution in [2.45, 2.75) is 40.7 Å². The Balaban J connectivity index is 2.24. The van der Waals surface area contributed by atoms with Crippen molar-refractivity contribution in [1.29, 1.82) is 0 Å². The molecule has 0 spiro atoms. The van der Waals surface area contributed by atoms with Gasteiger partial charge in [0.1, 0.15) is 11.8 Å². The molecule has 0 aliphatic carbocycles. The SMILES string of the molecule is COC(=O)[C@@H](NC(=O)c1ccc2ccccc2c1-c1c(C)cc(C)cc1O)C(C)(C)C. The molecule has 0 aliphatic rings. The van der Waals surface area contributed by atoms with E-state index in [4.69, 9.17) is 4.74 Å². The lowest BCUT2D eigenvalue weighted by molar-refractivity contribution is -0.145. The van der Waals surface area contributed by atoms with E-state index in [1.165, 1.54) is 7.11 Å². The van der Waals surface area contributed by atoms with Crippen LogP contribution in [0.2, 0.25) is 0 Å². The highest BCUT2D eigenvalue weighted by molar-refractivity contribution is 6.11. The minimum absolute atomic E-state index is 0.114. The van der Waals surface area contributed by atoms with Crippen molar-refractivity contribution < 1.29 is 19.4 Å². The Morgan fingerprint density at radius 1 is 1.00 bits per heavy atom. The highest BCUT2D eigenvalue weighted by Gasteiger charge is 2.34. The molecule has 0 radical (unpaired) electrons. The third-order valence-corrected chi connectivity index (χ3v) is 5.46. The number of aryl methyl sites for hydroxylation is 2. The number of aromatic hydroxyl groups is 1. The fourth-order valence-corrected chi connectivity index (χ4v) is 3.96. The summed E-state index contributed by atoms with van der Waals surface area (Å²) < 4.78 is 4.92. The number of esters is 1. The van der Waals surface area contributed by atoms with Crippen molar-refractivity contribution in [3.8, 4) is 16.9 Å². The molecule has 162 valence electrons. The number of methoxy groups -OCH3 is 1. The summed E-state index contributed by atoms with van der Waals surface area (Å²) in [6.45, 7) is 9.43. The number of carbonyl (C=O) groups excluding carboxylic acids is 2. The normalized spacial score (nSPS) is 12.5. The number of phenolic OH excluding ortho intramolecular Hbond substituents is 1. The van der Waals surface area contributed by atoms with Gasteiger partial charge in [0.15, 0.2) is 0 Å². The van der Waals surface area contributed by atoms with Crippen LogP contribution < -0.4 is 5.32 Å². The third-order valence-electron chi connectivity index (χ3n) is 5.46. The van der Waals surface area contributed by atoms with Gasteiger partial charge in [-0.1, -0.05) is 57.2 Å². The Morgan fingerprint density at radius 3 is 2.29 bits per heavy atom. The van der Waals surface area contributed by atoms with E-state index in [0.29, 0.717) is 16.7 Å². The first-order valence-electron chi connectivity index (χ1n) is 10.3. The lowest BCUT2D eigenvalue weighted by Gasteiger charge is -2.29. The number of amides is 1. The van der Waals surface area contributed by atoms with E-state index in [1.807, 2.05) is 71.0 Å². The minimum Gasteiger partial charge on any atom is -0.507 e. The monoisotopic (exact) mass is 419 g/mol. The number of rotatable bonds is 4. The van der Waals surface area contributed by atoms with E-state index < -0.39 is 23.3 Å². The van der Waals surface area contributed by atoms with Gasteiger partial charge in [0.2, 0.25) is 0 Å². The summed E-state index contributed by atoms with van der Waals surface area (Å²) in [4.78, 5) is 25.8. The molecule has 2 N–H and O–H groups in total. The summed E-state index contributed by atoms with van der Waals surface area (Å²) in [5.74, 6) is -0.786. The van der Waals surface area contributed by atoms with Gasteiger partial charge in [0.25, 0.3) is 5.91 Å². The molecule has 0 heterocycles. The molecule has 0 saturated carbocycles. The molecular weight excluding hydrogens is 390 g/mol. The smallest absolute Gasteiger partial charge is 0.328 e. The maximum atomic E-state index is 13.4. The second-order valence-electron chi connectivity index (χ2n) is 8.98. The van der Waals surface area contributed by atoms with Gasteiger partial charge in [0, 0.05) is 16.7 Å². The second-order valence-corrected chi connectivity index (χ2v) is 8.98. The van der Waals surface area contributed by atoms with Crippen molar-refractivity contribution in [2.24, 2.45) is 5.41 Å². The molecule has 0 fully saturated rings. The summed E-state index contributed by atoms with van der Waals surface area (Å²) in [5, 5.41) is 15.5. The van der Waals surface area contributed by atoms with E-state index in [2.05, 4.69) is 5.32 Å². The molecule has 3 aromatic carbocycles. The molecule has 0 aromatic heterocycles. The standard InChI is InChI=1S/C26H29NO4/c1-15-13-16(2)21(20(28)14-15)22-18-10-8-7-9-17(18)11-12-19(22)24(29)27-23(25(30)31-6)26(3,4)5/h7-14,23,28H,1-6H3,(H,27,29)/t23-/m1/s1. The van der Waals surface area contributed by atoms with Crippen LogP contribution in [0.1, 0.15) is 42.3 Å². The minimum atomic E-state index is -0.822. The maximum absolute atomic E-state index is 13.4. The molecule has 3 aromatic rings. The average Bonchev–Trinajstić information content (AvgIpc) is 2.69. The highest BCUT2D eigenvalue weighted by Crippen LogP contribution is 2.40. The van der Waals surface area contributed by atoms with Crippen LogP contribution in [0.15, 0.2) is 48.5 Å². The number of hydrogen-bond donors (Lipinski definition) is 2. The van der Waals surface area contributed by atoms with Gasteiger partial charge >= 0.3 is 5.97 Å². The second kappa shape index (κ2) is 8.42. The van der Waals surface area contributed by atoms with Crippen LogP contribution in [0.4, 0.5) is 0 Å². The van der Waals surface area contributed by atoms with Crippen molar-refractivity contribution >= 4 is 22.6 Å². The van der Waals surface area contributed by atoms with Gasteiger partial charge in [-0.05, 0) is 53.3 Å². The van der Waals surface area contributed by atoms with Crippen LogP contribution >= 0.6 is 0 Å². The topological polar surface area (TPSA) is 75.6 Å². The number of fused-ring (bicyclic) bond motifs is 1.